The number of aryl methyl sites for hydroxylation is 1. The summed E-state index contributed by atoms with van der Waals surface area (Å²) >= 11 is 5.64. The predicted molar refractivity (Wildman–Crippen MR) is 49.5 cm³/mol. The van der Waals surface area contributed by atoms with Gasteiger partial charge in [-0.3, -0.25) is 0 Å². The molecule has 0 bridgehead atoms. The van der Waals surface area contributed by atoms with Gasteiger partial charge in [0.05, 0.1) is 17.7 Å². The Labute approximate surface area is 81.5 Å². The predicted octanol–water partition coefficient (Wildman–Crippen LogP) is 2.81. The van der Waals surface area contributed by atoms with Crippen LogP contribution in [0.1, 0.15) is 12.0 Å². The van der Waals surface area contributed by atoms with Gasteiger partial charge in [-0.2, -0.15) is 0 Å². The number of hydrogen-bond acceptors (Lipinski definition) is 1. The molecular formula is C10H10ClFO. The van der Waals surface area contributed by atoms with Crippen molar-refractivity contribution < 1.29 is 9.13 Å². The zero-order valence-electron chi connectivity index (χ0n) is 7.09. The lowest BCUT2D eigenvalue weighted by Crippen LogP contribution is -1.94. The number of hydrogen-bond donors (Lipinski definition) is 0. The Balaban J connectivity index is 2.05. The fourth-order valence-corrected chi connectivity index (χ4v) is 1.49. The van der Waals surface area contributed by atoms with Crippen LogP contribution in [0.3, 0.4) is 0 Å². The highest BCUT2D eigenvalue weighted by Crippen LogP contribution is 2.22. The van der Waals surface area contributed by atoms with Gasteiger partial charge in [0.25, 0.3) is 0 Å². The molecule has 0 amide bonds. The molecule has 0 spiro atoms. The first kappa shape index (κ1) is 8.97. The summed E-state index contributed by atoms with van der Waals surface area (Å²) in [7, 11) is 0. The monoisotopic (exact) mass is 200 g/mol. The lowest BCUT2D eigenvalue weighted by atomic mass is 10.1. The highest BCUT2D eigenvalue weighted by molar-refractivity contribution is 6.30. The van der Waals surface area contributed by atoms with Gasteiger partial charge in [-0.05, 0) is 24.5 Å². The second-order valence-corrected chi connectivity index (χ2v) is 3.61. The Kier molecular flexibility index (Phi) is 2.51. The molecule has 1 atom stereocenters. The smallest absolute Gasteiger partial charge is 0.144 e. The van der Waals surface area contributed by atoms with Gasteiger partial charge in [-0.1, -0.05) is 23.7 Å². The summed E-state index contributed by atoms with van der Waals surface area (Å²) in [4.78, 5) is 0. The molecule has 0 radical (unpaired) electrons. The second-order valence-electron chi connectivity index (χ2n) is 3.21. The molecule has 3 heteroatoms. The van der Waals surface area contributed by atoms with Crippen LogP contribution in [0.4, 0.5) is 4.39 Å². The van der Waals surface area contributed by atoms with Crippen LogP contribution in [0, 0.1) is 5.82 Å². The van der Waals surface area contributed by atoms with E-state index >= 15 is 0 Å². The van der Waals surface area contributed by atoms with Crippen molar-refractivity contribution in [3.63, 3.8) is 0 Å². The molecule has 1 aromatic rings. The summed E-state index contributed by atoms with van der Waals surface area (Å²) in [6.07, 6.45) is 1.94. The summed E-state index contributed by atoms with van der Waals surface area (Å²) in [5.74, 6) is -0.287. The van der Waals surface area contributed by atoms with E-state index in [2.05, 4.69) is 0 Å². The van der Waals surface area contributed by atoms with Gasteiger partial charge in [0.1, 0.15) is 5.82 Å². The Morgan fingerprint density at radius 1 is 1.54 bits per heavy atom. The van der Waals surface area contributed by atoms with Gasteiger partial charge in [0.2, 0.25) is 0 Å². The summed E-state index contributed by atoms with van der Waals surface area (Å²) in [6.45, 7) is 0.822. The van der Waals surface area contributed by atoms with Crippen molar-refractivity contribution in [2.75, 3.05) is 6.61 Å². The number of ether oxygens (including phenoxy) is 1. The first-order valence-electron chi connectivity index (χ1n) is 4.32. The molecular weight excluding hydrogens is 191 g/mol. The van der Waals surface area contributed by atoms with E-state index in [1.54, 1.807) is 18.2 Å². The Hall–Kier alpha value is -0.600. The minimum Gasteiger partial charge on any atom is -0.373 e. The van der Waals surface area contributed by atoms with Crippen LogP contribution < -0.4 is 0 Å². The van der Waals surface area contributed by atoms with E-state index in [-0.39, 0.29) is 10.8 Å². The van der Waals surface area contributed by atoms with Gasteiger partial charge >= 0.3 is 0 Å². The maximum atomic E-state index is 13.3. The maximum absolute atomic E-state index is 13.3. The molecule has 1 nitrogen and oxygen atoms in total. The molecule has 0 aromatic heterocycles. The molecule has 1 heterocycles. The van der Waals surface area contributed by atoms with E-state index in [9.17, 15) is 4.39 Å². The van der Waals surface area contributed by atoms with Crippen molar-refractivity contribution >= 4 is 11.6 Å². The number of epoxide rings is 1. The van der Waals surface area contributed by atoms with Crippen molar-refractivity contribution in [1.29, 1.82) is 0 Å². The third-order valence-corrected chi connectivity index (χ3v) is 2.46. The first-order valence-corrected chi connectivity index (χ1v) is 4.69. The fraction of sp³-hybridized carbons (Fsp3) is 0.400. The normalized spacial score (nSPS) is 20.3. The fourth-order valence-electron chi connectivity index (χ4n) is 1.29. The summed E-state index contributed by atoms with van der Waals surface area (Å²) in [5.41, 5.74) is 0.683. The lowest BCUT2D eigenvalue weighted by Gasteiger charge is -2.02. The van der Waals surface area contributed by atoms with E-state index < -0.39 is 0 Å². The Morgan fingerprint density at radius 3 is 3.00 bits per heavy atom. The van der Waals surface area contributed by atoms with Gasteiger partial charge in [0.15, 0.2) is 0 Å². The van der Waals surface area contributed by atoms with Crippen molar-refractivity contribution in [3.8, 4) is 0 Å². The molecule has 1 fully saturated rings. The third kappa shape index (κ3) is 2.20. The molecule has 1 aliphatic heterocycles. The van der Waals surface area contributed by atoms with Crippen molar-refractivity contribution in [2.45, 2.75) is 18.9 Å². The standard InChI is InChI=1S/C10H10ClFO/c11-9-3-1-2-7(10(9)12)4-5-8-6-13-8/h1-3,8H,4-6H2. The Morgan fingerprint density at radius 2 is 2.31 bits per heavy atom. The lowest BCUT2D eigenvalue weighted by molar-refractivity contribution is 0.395. The number of rotatable bonds is 3. The summed E-state index contributed by atoms with van der Waals surface area (Å²) in [5, 5.41) is 0.203. The zero-order chi connectivity index (χ0) is 9.26. The Bertz CT molecular complexity index is 310. The van der Waals surface area contributed by atoms with Crippen LogP contribution in [0.25, 0.3) is 0 Å². The van der Waals surface area contributed by atoms with Gasteiger partial charge in [-0.25, -0.2) is 4.39 Å². The van der Waals surface area contributed by atoms with Crippen LogP contribution in [-0.2, 0) is 11.2 Å². The molecule has 0 saturated carbocycles. The molecule has 13 heavy (non-hydrogen) atoms. The van der Waals surface area contributed by atoms with Gasteiger partial charge in [0, 0.05) is 0 Å². The quantitative estimate of drug-likeness (QED) is 0.684. The van der Waals surface area contributed by atoms with Crippen LogP contribution >= 0.6 is 11.6 Å². The molecule has 2 rings (SSSR count). The molecule has 0 aliphatic carbocycles. The third-order valence-electron chi connectivity index (χ3n) is 2.17. The molecule has 1 aromatic carbocycles. The van der Waals surface area contributed by atoms with E-state index in [0.29, 0.717) is 18.1 Å². The average Bonchev–Trinajstić information content (AvgIpc) is 2.91. The van der Waals surface area contributed by atoms with Crippen LogP contribution in [0.5, 0.6) is 0 Å². The maximum Gasteiger partial charge on any atom is 0.144 e. The first-order chi connectivity index (χ1) is 6.27. The number of benzene rings is 1. The van der Waals surface area contributed by atoms with Gasteiger partial charge < -0.3 is 4.74 Å². The van der Waals surface area contributed by atoms with E-state index in [4.69, 9.17) is 16.3 Å². The van der Waals surface area contributed by atoms with Crippen molar-refractivity contribution in [2.24, 2.45) is 0 Å². The largest absolute Gasteiger partial charge is 0.373 e. The van der Waals surface area contributed by atoms with Crippen LogP contribution in [-0.4, -0.2) is 12.7 Å². The topological polar surface area (TPSA) is 12.5 Å². The molecule has 1 aliphatic rings. The van der Waals surface area contributed by atoms with Crippen molar-refractivity contribution in [3.05, 3.63) is 34.6 Å². The SMILES string of the molecule is Fc1c(Cl)cccc1CCC1CO1. The van der Waals surface area contributed by atoms with E-state index in [1.807, 2.05) is 0 Å². The van der Waals surface area contributed by atoms with Crippen molar-refractivity contribution in [1.82, 2.24) is 0 Å². The summed E-state index contributed by atoms with van der Waals surface area (Å²) in [6, 6.07) is 5.10. The molecule has 70 valence electrons. The average molecular weight is 201 g/mol. The molecule has 0 N–H and O–H groups in total. The highest BCUT2D eigenvalue weighted by atomic mass is 35.5. The zero-order valence-corrected chi connectivity index (χ0v) is 7.85. The van der Waals surface area contributed by atoms with Gasteiger partial charge in [-0.15, -0.1) is 0 Å². The van der Waals surface area contributed by atoms with Crippen LogP contribution in [0.2, 0.25) is 5.02 Å². The minimum absolute atomic E-state index is 0.203. The van der Waals surface area contributed by atoms with E-state index in [1.165, 1.54) is 0 Å². The summed E-state index contributed by atoms with van der Waals surface area (Å²) < 4.78 is 18.3. The van der Waals surface area contributed by atoms with E-state index in [0.717, 1.165) is 13.0 Å². The number of halogens is 2. The van der Waals surface area contributed by atoms with Crippen LogP contribution in [0.15, 0.2) is 18.2 Å². The highest BCUT2D eigenvalue weighted by Gasteiger charge is 2.22. The minimum atomic E-state index is -0.287. The molecule has 1 saturated heterocycles. The molecule has 1 unspecified atom stereocenters. The second kappa shape index (κ2) is 3.64.